The van der Waals surface area contributed by atoms with Crippen molar-refractivity contribution in [2.24, 2.45) is 5.92 Å². The molecule has 1 fully saturated rings. The van der Waals surface area contributed by atoms with E-state index in [-0.39, 0.29) is 24.1 Å². The van der Waals surface area contributed by atoms with Crippen LogP contribution in [0, 0.1) is 12.8 Å². The molecule has 1 saturated carbocycles. The van der Waals surface area contributed by atoms with Gasteiger partial charge < -0.3 is 5.32 Å². The average Bonchev–Trinajstić information content (AvgIpc) is 2.53. The van der Waals surface area contributed by atoms with Gasteiger partial charge in [0, 0.05) is 6.04 Å². The third kappa shape index (κ3) is 3.44. The maximum absolute atomic E-state index is 12.5. The van der Waals surface area contributed by atoms with Crippen LogP contribution in [0.5, 0.6) is 0 Å². The summed E-state index contributed by atoms with van der Waals surface area (Å²) in [5.41, 5.74) is 1.51. The maximum Gasteiger partial charge on any atom is 0.261 e. The first-order valence-corrected chi connectivity index (χ1v) is 8.30. The van der Waals surface area contributed by atoms with Gasteiger partial charge >= 0.3 is 0 Å². The van der Waals surface area contributed by atoms with Gasteiger partial charge in [-0.1, -0.05) is 31.4 Å². The van der Waals surface area contributed by atoms with E-state index in [0.29, 0.717) is 16.8 Å². The van der Waals surface area contributed by atoms with Crippen LogP contribution in [-0.4, -0.2) is 21.5 Å². The first-order chi connectivity index (χ1) is 11.0. The van der Waals surface area contributed by atoms with Gasteiger partial charge in [0.25, 0.3) is 5.56 Å². The highest BCUT2D eigenvalue weighted by Crippen LogP contribution is 2.23. The van der Waals surface area contributed by atoms with Gasteiger partial charge in [-0.2, -0.15) is 0 Å². The molecular weight excluding hydrogens is 290 g/mol. The molecule has 3 rings (SSSR count). The number of benzene rings is 1. The van der Waals surface area contributed by atoms with Crippen molar-refractivity contribution >= 4 is 16.8 Å². The Bertz CT molecular complexity index is 781. The zero-order valence-corrected chi connectivity index (χ0v) is 13.7. The van der Waals surface area contributed by atoms with E-state index in [9.17, 15) is 9.59 Å². The molecule has 1 N–H and O–H groups in total. The summed E-state index contributed by atoms with van der Waals surface area (Å²) in [6.45, 7) is 4.14. The van der Waals surface area contributed by atoms with E-state index in [1.165, 1.54) is 17.3 Å². The smallest absolute Gasteiger partial charge is 0.261 e. The number of carbonyl (C=O) groups excluding carboxylic acids is 1. The van der Waals surface area contributed by atoms with Crippen LogP contribution in [-0.2, 0) is 11.3 Å². The van der Waals surface area contributed by atoms with Gasteiger partial charge in [-0.05, 0) is 37.8 Å². The highest BCUT2D eigenvalue weighted by atomic mass is 16.2. The second-order valence-electron chi connectivity index (χ2n) is 6.63. The fourth-order valence-corrected chi connectivity index (χ4v) is 3.32. The van der Waals surface area contributed by atoms with E-state index in [1.807, 2.05) is 25.1 Å². The van der Waals surface area contributed by atoms with Crippen LogP contribution in [0.2, 0.25) is 0 Å². The second kappa shape index (κ2) is 6.52. The molecule has 5 nitrogen and oxygen atoms in total. The number of hydrogen-bond acceptors (Lipinski definition) is 3. The number of nitrogens with one attached hydrogen (secondary N) is 1. The lowest BCUT2D eigenvalue weighted by Crippen LogP contribution is -2.43. The molecule has 1 aromatic carbocycles. The Kier molecular flexibility index (Phi) is 4.46. The van der Waals surface area contributed by atoms with Crippen molar-refractivity contribution in [3.63, 3.8) is 0 Å². The molecule has 23 heavy (non-hydrogen) atoms. The Morgan fingerprint density at radius 2 is 2.13 bits per heavy atom. The van der Waals surface area contributed by atoms with Crippen LogP contribution < -0.4 is 10.9 Å². The Morgan fingerprint density at radius 3 is 2.91 bits per heavy atom. The fourth-order valence-electron chi connectivity index (χ4n) is 3.32. The number of rotatable bonds is 3. The molecule has 0 bridgehead atoms. The summed E-state index contributed by atoms with van der Waals surface area (Å²) in [6, 6.07) is 5.81. The van der Waals surface area contributed by atoms with Gasteiger partial charge in [0.2, 0.25) is 5.91 Å². The normalized spacial score (nSPS) is 21.3. The molecular formula is C18H23N3O2. The van der Waals surface area contributed by atoms with Crippen molar-refractivity contribution in [3.8, 4) is 0 Å². The third-order valence-electron chi connectivity index (χ3n) is 4.75. The van der Waals surface area contributed by atoms with Crippen LogP contribution in [0.15, 0.2) is 29.3 Å². The third-order valence-corrected chi connectivity index (χ3v) is 4.75. The fraction of sp³-hybridized carbons (Fsp3) is 0.500. The van der Waals surface area contributed by atoms with E-state index >= 15 is 0 Å². The lowest BCUT2D eigenvalue weighted by atomic mass is 9.86. The Balaban J connectivity index is 1.77. The van der Waals surface area contributed by atoms with Crippen molar-refractivity contribution in [2.75, 3.05) is 0 Å². The molecule has 2 unspecified atom stereocenters. The molecule has 1 aromatic heterocycles. The highest BCUT2D eigenvalue weighted by molar-refractivity contribution is 5.79. The van der Waals surface area contributed by atoms with E-state index in [1.54, 1.807) is 0 Å². The number of hydrogen-bond donors (Lipinski definition) is 1. The number of aromatic nitrogens is 2. The van der Waals surface area contributed by atoms with Gasteiger partial charge in [0.05, 0.1) is 17.2 Å². The summed E-state index contributed by atoms with van der Waals surface area (Å²) in [7, 11) is 0. The number of amides is 1. The van der Waals surface area contributed by atoms with E-state index < -0.39 is 0 Å². The van der Waals surface area contributed by atoms with Crippen LogP contribution in [0.1, 0.15) is 38.2 Å². The summed E-state index contributed by atoms with van der Waals surface area (Å²) in [6.07, 6.45) is 6.04. The minimum atomic E-state index is -0.162. The summed E-state index contributed by atoms with van der Waals surface area (Å²) < 4.78 is 1.39. The zero-order chi connectivity index (χ0) is 16.4. The topological polar surface area (TPSA) is 64.0 Å². The van der Waals surface area contributed by atoms with Crippen LogP contribution in [0.4, 0.5) is 0 Å². The van der Waals surface area contributed by atoms with Crippen molar-refractivity contribution in [1.82, 2.24) is 14.9 Å². The number of nitrogens with zero attached hydrogens (tertiary/aromatic N) is 2. The van der Waals surface area contributed by atoms with Crippen molar-refractivity contribution in [1.29, 1.82) is 0 Å². The maximum atomic E-state index is 12.5. The van der Waals surface area contributed by atoms with E-state index in [0.717, 1.165) is 24.8 Å². The quantitative estimate of drug-likeness (QED) is 0.946. The molecule has 0 radical (unpaired) electrons. The lowest BCUT2D eigenvalue weighted by molar-refractivity contribution is -0.123. The predicted octanol–water partition coefficient (Wildman–Crippen LogP) is 2.40. The molecule has 1 aliphatic rings. The minimum absolute atomic E-state index is 0.0267. The Morgan fingerprint density at radius 1 is 1.35 bits per heavy atom. The van der Waals surface area contributed by atoms with Crippen molar-refractivity contribution < 1.29 is 4.79 Å². The summed E-state index contributed by atoms with van der Waals surface area (Å²) in [5.74, 6) is 0.390. The van der Waals surface area contributed by atoms with Gasteiger partial charge in [-0.25, -0.2) is 4.98 Å². The summed E-state index contributed by atoms with van der Waals surface area (Å²) in [5, 5.41) is 3.64. The first kappa shape index (κ1) is 15.7. The van der Waals surface area contributed by atoms with Crippen molar-refractivity contribution in [3.05, 3.63) is 40.4 Å². The van der Waals surface area contributed by atoms with Gasteiger partial charge in [-0.3, -0.25) is 14.2 Å². The SMILES string of the molecule is Cc1ccc2ncn(CC(=O)NC3CCCCC3C)c(=O)c2c1. The van der Waals surface area contributed by atoms with E-state index in [4.69, 9.17) is 0 Å². The molecule has 0 spiro atoms. The Hall–Kier alpha value is -2.17. The number of aryl methyl sites for hydroxylation is 1. The molecule has 1 amide bonds. The number of carbonyl (C=O) groups is 1. The van der Waals surface area contributed by atoms with Crippen LogP contribution in [0.3, 0.4) is 0 Å². The largest absolute Gasteiger partial charge is 0.352 e. The summed E-state index contributed by atoms with van der Waals surface area (Å²) in [4.78, 5) is 29.1. The van der Waals surface area contributed by atoms with Crippen LogP contribution >= 0.6 is 0 Å². The highest BCUT2D eigenvalue weighted by Gasteiger charge is 2.22. The molecule has 1 heterocycles. The minimum Gasteiger partial charge on any atom is -0.352 e. The molecule has 2 atom stereocenters. The zero-order valence-electron chi connectivity index (χ0n) is 13.7. The standard InChI is InChI=1S/C18H23N3O2/c1-12-7-8-16-14(9-12)18(23)21(11-19-16)10-17(22)20-15-6-4-3-5-13(15)2/h7-9,11,13,15H,3-6,10H2,1-2H3,(H,20,22). The number of fused-ring (bicyclic) bond motifs is 1. The average molecular weight is 313 g/mol. The lowest BCUT2D eigenvalue weighted by Gasteiger charge is -2.29. The monoisotopic (exact) mass is 313 g/mol. The van der Waals surface area contributed by atoms with Crippen molar-refractivity contribution in [2.45, 2.75) is 52.1 Å². The van der Waals surface area contributed by atoms with Gasteiger partial charge in [-0.15, -0.1) is 0 Å². The first-order valence-electron chi connectivity index (χ1n) is 8.30. The molecule has 2 aromatic rings. The van der Waals surface area contributed by atoms with E-state index in [2.05, 4.69) is 17.2 Å². The second-order valence-corrected chi connectivity index (χ2v) is 6.63. The predicted molar refractivity (Wildman–Crippen MR) is 90.3 cm³/mol. The molecule has 5 heteroatoms. The van der Waals surface area contributed by atoms with Gasteiger partial charge in [0.15, 0.2) is 0 Å². The molecule has 0 saturated heterocycles. The van der Waals surface area contributed by atoms with Gasteiger partial charge in [0.1, 0.15) is 6.54 Å². The molecule has 0 aliphatic heterocycles. The van der Waals surface area contributed by atoms with Crippen LogP contribution in [0.25, 0.3) is 10.9 Å². The molecule has 1 aliphatic carbocycles. The molecule has 122 valence electrons. The Labute approximate surface area is 135 Å². The summed E-state index contributed by atoms with van der Waals surface area (Å²) >= 11 is 0.